The highest BCUT2D eigenvalue weighted by Crippen LogP contribution is 2.20. The number of hydrogen-bond acceptors (Lipinski definition) is 5. The monoisotopic (exact) mass is 382 g/mol. The highest BCUT2D eigenvalue weighted by Gasteiger charge is 2.18. The number of ether oxygens (including phenoxy) is 1. The van der Waals surface area contributed by atoms with Crippen molar-refractivity contribution in [3.63, 3.8) is 0 Å². The van der Waals surface area contributed by atoms with Crippen molar-refractivity contribution in [1.82, 2.24) is 0 Å². The number of benzene rings is 2. The molecule has 0 aromatic heterocycles. The Morgan fingerprint density at radius 1 is 1.11 bits per heavy atom. The topological polar surface area (TPSA) is 70.4 Å². The second-order valence-corrected chi connectivity index (χ2v) is 7.11. The summed E-state index contributed by atoms with van der Waals surface area (Å²) in [5, 5.41) is 8.87. The third-order valence-corrected chi connectivity index (χ3v) is 4.71. The second-order valence-electron chi connectivity index (χ2n) is 6.06. The normalized spacial score (nSPS) is 10.1. The number of nitriles is 1. The third-order valence-electron chi connectivity index (χ3n) is 3.72. The van der Waals surface area contributed by atoms with Crippen LogP contribution in [-0.2, 0) is 14.3 Å². The zero-order chi connectivity index (χ0) is 19.6. The van der Waals surface area contributed by atoms with E-state index in [0.29, 0.717) is 5.69 Å². The van der Waals surface area contributed by atoms with E-state index in [1.165, 1.54) is 16.7 Å². The van der Waals surface area contributed by atoms with Crippen LogP contribution in [0.1, 0.15) is 17.5 Å². The molecule has 0 aliphatic carbocycles. The molecule has 140 valence electrons. The summed E-state index contributed by atoms with van der Waals surface area (Å²) in [6.07, 6.45) is 0.205. The van der Waals surface area contributed by atoms with Crippen LogP contribution in [0.15, 0.2) is 53.4 Å². The Balaban J connectivity index is 1.95. The van der Waals surface area contributed by atoms with Crippen molar-refractivity contribution >= 4 is 29.3 Å². The molecule has 2 rings (SSSR count). The summed E-state index contributed by atoms with van der Waals surface area (Å²) < 4.78 is 5.13. The first-order valence-corrected chi connectivity index (χ1v) is 9.57. The van der Waals surface area contributed by atoms with Gasteiger partial charge in [-0.3, -0.25) is 9.59 Å². The lowest BCUT2D eigenvalue weighted by atomic mass is 10.1. The molecule has 0 saturated heterocycles. The molecule has 5 nitrogen and oxygen atoms in total. The highest BCUT2D eigenvalue weighted by molar-refractivity contribution is 8.00. The largest absolute Gasteiger partial charge is 0.455 e. The second kappa shape index (κ2) is 10.4. The van der Waals surface area contributed by atoms with E-state index in [4.69, 9.17) is 10.00 Å². The molecular formula is C21H22N2O3S. The molecule has 2 aromatic rings. The summed E-state index contributed by atoms with van der Waals surface area (Å²) in [6.45, 7) is 3.82. The van der Waals surface area contributed by atoms with Crippen LogP contribution < -0.4 is 4.90 Å². The first kappa shape index (κ1) is 20.5. The first-order valence-electron chi connectivity index (χ1n) is 8.58. The lowest BCUT2D eigenvalue weighted by molar-refractivity contribution is -0.145. The third kappa shape index (κ3) is 6.80. The highest BCUT2D eigenvalue weighted by atomic mass is 32.2. The Morgan fingerprint density at radius 3 is 2.41 bits per heavy atom. The molecule has 27 heavy (non-hydrogen) atoms. The van der Waals surface area contributed by atoms with Gasteiger partial charge in [0.15, 0.2) is 6.61 Å². The van der Waals surface area contributed by atoms with E-state index >= 15 is 0 Å². The molecule has 0 spiro atoms. The van der Waals surface area contributed by atoms with Crippen molar-refractivity contribution in [3.05, 3.63) is 59.7 Å². The number of amides is 1. The predicted octanol–water partition coefficient (Wildman–Crippen LogP) is 3.89. The molecule has 0 unspecified atom stereocenters. The maximum atomic E-state index is 12.6. The van der Waals surface area contributed by atoms with E-state index in [1.54, 1.807) is 0 Å². The summed E-state index contributed by atoms with van der Waals surface area (Å²) in [4.78, 5) is 27.0. The van der Waals surface area contributed by atoms with Gasteiger partial charge in [-0.25, -0.2) is 0 Å². The summed E-state index contributed by atoms with van der Waals surface area (Å²) in [5.74, 6) is -0.648. The quantitative estimate of drug-likeness (QED) is 0.512. The van der Waals surface area contributed by atoms with Gasteiger partial charge in [-0.2, -0.15) is 5.26 Å². The molecule has 0 aliphatic rings. The fourth-order valence-electron chi connectivity index (χ4n) is 2.59. The maximum Gasteiger partial charge on any atom is 0.316 e. The standard InChI is InChI=1S/C21H22N2O3S/c1-16-11-17(2)13-18(12-16)23(10-6-9-22)20(24)14-26-21(25)15-27-19-7-4-3-5-8-19/h3-5,7-8,11-13H,6,10,14-15H2,1-2H3. The van der Waals surface area contributed by atoms with E-state index in [-0.39, 0.29) is 31.2 Å². The number of rotatable bonds is 8. The Kier molecular flexibility index (Phi) is 7.90. The van der Waals surface area contributed by atoms with Crippen molar-refractivity contribution in [2.75, 3.05) is 23.8 Å². The minimum Gasteiger partial charge on any atom is -0.455 e. The maximum absolute atomic E-state index is 12.6. The van der Waals surface area contributed by atoms with Gasteiger partial charge in [0.2, 0.25) is 0 Å². The van der Waals surface area contributed by atoms with Crippen LogP contribution in [0.5, 0.6) is 0 Å². The van der Waals surface area contributed by atoms with Gasteiger partial charge < -0.3 is 9.64 Å². The molecule has 6 heteroatoms. The minimum atomic E-state index is -0.446. The SMILES string of the molecule is Cc1cc(C)cc(N(CCC#N)C(=O)COC(=O)CSc2ccccc2)c1. The molecular weight excluding hydrogens is 360 g/mol. The van der Waals surface area contributed by atoms with Crippen molar-refractivity contribution in [2.24, 2.45) is 0 Å². The zero-order valence-corrected chi connectivity index (χ0v) is 16.3. The number of hydrogen-bond donors (Lipinski definition) is 0. The molecule has 0 N–H and O–H groups in total. The Labute approximate surface area is 163 Å². The van der Waals surface area contributed by atoms with Crippen molar-refractivity contribution in [2.45, 2.75) is 25.2 Å². The van der Waals surface area contributed by atoms with Crippen LogP contribution in [0.3, 0.4) is 0 Å². The number of carbonyl (C=O) groups is 2. The minimum absolute atomic E-state index is 0.138. The summed E-state index contributed by atoms with van der Waals surface area (Å²) in [5.41, 5.74) is 2.76. The smallest absolute Gasteiger partial charge is 0.316 e. The zero-order valence-electron chi connectivity index (χ0n) is 15.5. The fourth-order valence-corrected chi connectivity index (χ4v) is 3.30. The van der Waals surface area contributed by atoms with E-state index in [9.17, 15) is 9.59 Å². The van der Waals surface area contributed by atoms with Crippen LogP contribution in [-0.4, -0.2) is 30.8 Å². The number of thioether (sulfide) groups is 1. The lowest BCUT2D eigenvalue weighted by Crippen LogP contribution is -2.35. The first-order chi connectivity index (χ1) is 13.0. The number of esters is 1. The summed E-state index contributed by atoms with van der Waals surface area (Å²) >= 11 is 1.36. The summed E-state index contributed by atoms with van der Waals surface area (Å²) in [6, 6.07) is 17.3. The van der Waals surface area contributed by atoms with Crippen LogP contribution in [0.4, 0.5) is 5.69 Å². The Bertz CT molecular complexity index is 811. The van der Waals surface area contributed by atoms with E-state index in [2.05, 4.69) is 6.07 Å². The molecule has 0 bridgehead atoms. The molecule has 0 radical (unpaired) electrons. The van der Waals surface area contributed by atoms with Gasteiger partial charge in [-0.05, 0) is 49.2 Å². The molecule has 2 aromatic carbocycles. The summed E-state index contributed by atoms with van der Waals surface area (Å²) in [7, 11) is 0. The van der Waals surface area contributed by atoms with Crippen LogP contribution in [0, 0.1) is 25.2 Å². The Hall–Kier alpha value is -2.78. The number of nitrogens with zero attached hydrogens (tertiary/aromatic N) is 2. The molecule has 0 saturated carbocycles. The van der Waals surface area contributed by atoms with Gasteiger partial charge in [-0.15, -0.1) is 11.8 Å². The molecule has 1 amide bonds. The molecule has 0 aliphatic heterocycles. The van der Waals surface area contributed by atoms with Gasteiger partial charge in [0, 0.05) is 17.1 Å². The fraction of sp³-hybridized carbons (Fsp3) is 0.286. The van der Waals surface area contributed by atoms with Gasteiger partial charge >= 0.3 is 5.97 Å². The van der Waals surface area contributed by atoms with E-state index < -0.39 is 5.97 Å². The molecule has 0 atom stereocenters. The van der Waals surface area contributed by atoms with Crippen LogP contribution in [0.2, 0.25) is 0 Å². The van der Waals surface area contributed by atoms with E-state index in [0.717, 1.165) is 16.0 Å². The van der Waals surface area contributed by atoms with Gasteiger partial charge in [-0.1, -0.05) is 24.3 Å². The lowest BCUT2D eigenvalue weighted by Gasteiger charge is -2.22. The number of anilines is 1. The molecule has 0 fully saturated rings. The van der Waals surface area contributed by atoms with Gasteiger partial charge in [0.05, 0.1) is 18.2 Å². The average molecular weight is 382 g/mol. The van der Waals surface area contributed by atoms with Gasteiger partial charge in [0.25, 0.3) is 5.91 Å². The number of carbonyl (C=O) groups excluding carboxylic acids is 2. The Morgan fingerprint density at radius 2 is 1.78 bits per heavy atom. The van der Waals surface area contributed by atoms with Crippen molar-refractivity contribution in [1.29, 1.82) is 5.26 Å². The molecule has 0 heterocycles. The van der Waals surface area contributed by atoms with Crippen LogP contribution in [0.25, 0.3) is 0 Å². The van der Waals surface area contributed by atoms with Crippen LogP contribution >= 0.6 is 11.8 Å². The average Bonchev–Trinajstić information content (AvgIpc) is 2.65. The van der Waals surface area contributed by atoms with Crippen molar-refractivity contribution < 1.29 is 14.3 Å². The number of aryl methyl sites for hydroxylation is 2. The van der Waals surface area contributed by atoms with E-state index in [1.807, 2.05) is 62.4 Å². The predicted molar refractivity (Wildman–Crippen MR) is 107 cm³/mol. The van der Waals surface area contributed by atoms with Gasteiger partial charge in [0.1, 0.15) is 0 Å². The van der Waals surface area contributed by atoms with Crippen molar-refractivity contribution in [3.8, 4) is 6.07 Å².